The van der Waals surface area contributed by atoms with E-state index in [2.05, 4.69) is 26.6 Å². The fraction of sp³-hybridized carbons (Fsp3) is 0.263. The van der Waals surface area contributed by atoms with Gasteiger partial charge in [-0.1, -0.05) is 22.9 Å². The van der Waals surface area contributed by atoms with Crippen LogP contribution in [-0.2, 0) is 9.59 Å². The Labute approximate surface area is 155 Å². The van der Waals surface area contributed by atoms with Gasteiger partial charge in [-0.3, -0.25) is 9.59 Å². The second-order valence-electron chi connectivity index (χ2n) is 6.00. The minimum atomic E-state index is -1.04. The molecule has 0 unspecified atom stereocenters. The third-order valence-electron chi connectivity index (χ3n) is 3.48. The molecule has 0 aliphatic carbocycles. The van der Waals surface area contributed by atoms with Gasteiger partial charge >= 0.3 is 0 Å². The van der Waals surface area contributed by atoms with Crippen LogP contribution >= 0.6 is 15.9 Å². The van der Waals surface area contributed by atoms with Crippen molar-refractivity contribution in [1.29, 1.82) is 0 Å². The molecule has 6 heteroatoms. The highest BCUT2D eigenvalue weighted by Crippen LogP contribution is 2.23. The molecule has 0 aliphatic heterocycles. The van der Waals surface area contributed by atoms with Gasteiger partial charge in [0.2, 0.25) is 5.91 Å². The number of hydrogen-bond donors (Lipinski definition) is 2. The number of amides is 2. The fourth-order valence-corrected chi connectivity index (χ4v) is 2.28. The SMILES string of the molecule is CCC(=O)Nc1ccc(NC(=O)C(C)(C)Oc2ccc(Br)cc2)cc1. The molecule has 0 aliphatic rings. The van der Waals surface area contributed by atoms with Crippen molar-refractivity contribution in [3.05, 3.63) is 53.0 Å². The quantitative estimate of drug-likeness (QED) is 0.739. The number of carbonyl (C=O) groups excluding carboxylic acids is 2. The van der Waals surface area contributed by atoms with Crippen LogP contribution in [0.5, 0.6) is 5.75 Å². The van der Waals surface area contributed by atoms with Crippen LogP contribution in [0.15, 0.2) is 53.0 Å². The molecule has 0 aromatic heterocycles. The Balaban J connectivity index is 1.99. The van der Waals surface area contributed by atoms with Gasteiger partial charge in [-0.15, -0.1) is 0 Å². The highest BCUT2D eigenvalue weighted by molar-refractivity contribution is 9.10. The molecule has 0 atom stereocenters. The minimum Gasteiger partial charge on any atom is -0.478 e. The van der Waals surface area contributed by atoms with E-state index < -0.39 is 5.60 Å². The number of anilines is 2. The zero-order chi connectivity index (χ0) is 18.4. The molecule has 2 N–H and O–H groups in total. The number of nitrogens with one attached hydrogen (secondary N) is 2. The molecular formula is C19H21BrN2O3. The number of benzene rings is 2. The van der Waals surface area contributed by atoms with Crippen LogP contribution in [0, 0.1) is 0 Å². The van der Waals surface area contributed by atoms with Crippen molar-refractivity contribution in [2.75, 3.05) is 10.6 Å². The van der Waals surface area contributed by atoms with Gasteiger partial charge in [0.25, 0.3) is 5.91 Å². The first kappa shape index (κ1) is 19.0. The van der Waals surface area contributed by atoms with Gasteiger partial charge in [0.05, 0.1) is 0 Å². The van der Waals surface area contributed by atoms with E-state index in [4.69, 9.17) is 4.74 Å². The van der Waals surface area contributed by atoms with Gasteiger partial charge in [0, 0.05) is 22.3 Å². The minimum absolute atomic E-state index is 0.0548. The van der Waals surface area contributed by atoms with Crippen LogP contribution in [0.25, 0.3) is 0 Å². The number of hydrogen-bond acceptors (Lipinski definition) is 3. The highest BCUT2D eigenvalue weighted by Gasteiger charge is 2.30. The molecule has 0 saturated heterocycles. The van der Waals surface area contributed by atoms with Gasteiger partial charge < -0.3 is 15.4 Å². The Bertz CT molecular complexity index is 740. The van der Waals surface area contributed by atoms with Crippen molar-refractivity contribution < 1.29 is 14.3 Å². The third-order valence-corrected chi connectivity index (χ3v) is 4.01. The third kappa shape index (κ3) is 5.60. The van der Waals surface area contributed by atoms with Gasteiger partial charge in [-0.2, -0.15) is 0 Å². The van der Waals surface area contributed by atoms with Crippen molar-refractivity contribution in [3.8, 4) is 5.75 Å². The van der Waals surface area contributed by atoms with Crippen molar-refractivity contribution >= 4 is 39.1 Å². The standard InChI is InChI=1S/C19H21BrN2O3/c1-4-17(23)21-14-7-9-15(10-8-14)22-18(24)19(2,3)25-16-11-5-13(20)6-12-16/h5-12H,4H2,1-3H3,(H,21,23)(H,22,24). The highest BCUT2D eigenvalue weighted by atomic mass is 79.9. The first-order chi connectivity index (χ1) is 11.8. The Morgan fingerprint density at radius 3 is 2.00 bits per heavy atom. The Hall–Kier alpha value is -2.34. The Morgan fingerprint density at radius 1 is 0.960 bits per heavy atom. The second kappa shape index (κ2) is 8.16. The molecule has 0 bridgehead atoms. The maximum atomic E-state index is 12.5. The summed E-state index contributed by atoms with van der Waals surface area (Å²) in [6.07, 6.45) is 0.417. The first-order valence-electron chi connectivity index (χ1n) is 7.96. The zero-order valence-corrected chi connectivity index (χ0v) is 16.0. The summed E-state index contributed by atoms with van der Waals surface area (Å²) in [6.45, 7) is 5.21. The van der Waals surface area contributed by atoms with E-state index >= 15 is 0 Å². The molecule has 2 aromatic rings. The average Bonchev–Trinajstić information content (AvgIpc) is 2.58. The second-order valence-corrected chi connectivity index (χ2v) is 6.92. The predicted molar refractivity (Wildman–Crippen MR) is 103 cm³/mol. The van der Waals surface area contributed by atoms with Crippen molar-refractivity contribution in [3.63, 3.8) is 0 Å². The summed E-state index contributed by atoms with van der Waals surface area (Å²) < 4.78 is 6.73. The Kier molecular flexibility index (Phi) is 6.20. The van der Waals surface area contributed by atoms with E-state index in [0.29, 0.717) is 23.5 Å². The van der Waals surface area contributed by atoms with E-state index in [1.165, 1.54) is 0 Å². The summed E-state index contributed by atoms with van der Waals surface area (Å²) in [5.74, 6) is 0.294. The molecule has 0 heterocycles. The monoisotopic (exact) mass is 404 g/mol. The topological polar surface area (TPSA) is 67.4 Å². The predicted octanol–water partition coefficient (Wildman–Crippen LogP) is 4.59. The summed E-state index contributed by atoms with van der Waals surface area (Å²) in [4.78, 5) is 23.9. The van der Waals surface area contributed by atoms with Crippen molar-refractivity contribution in [2.45, 2.75) is 32.8 Å². The molecule has 132 valence electrons. The molecule has 2 rings (SSSR count). The summed E-state index contributed by atoms with van der Waals surface area (Å²) in [6, 6.07) is 14.3. The fourth-order valence-electron chi connectivity index (χ4n) is 2.01. The molecule has 0 fully saturated rings. The van der Waals surface area contributed by atoms with E-state index in [0.717, 1.165) is 4.47 Å². The molecule has 2 aromatic carbocycles. The summed E-state index contributed by atoms with van der Waals surface area (Å²) in [5, 5.41) is 5.58. The van der Waals surface area contributed by atoms with Gasteiger partial charge in [-0.05, 0) is 62.4 Å². The van der Waals surface area contributed by atoms with Gasteiger partial charge in [0.1, 0.15) is 5.75 Å². The summed E-state index contributed by atoms with van der Waals surface area (Å²) in [7, 11) is 0. The average molecular weight is 405 g/mol. The number of halogens is 1. The van der Waals surface area contributed by atoms with Gasteiger partial charge in [0.15, 0.2) is 5.60 Å². The number of rotatable bonds is 6. The molecular weight excluding hydrogens is 384 g/mol. The number of ether oxygens (including phenoxy) is 1. The lowest BCUT2D eigenvalue weighted by Gasteiger charge is -2.25. The lowest BCUT2D eigenvalue weighted by atomic mass is 10.1. The van der Waals surface area contributed by atoms with Crippen LogP contribution in [0.1, 0.15) is 27.2 Å². The maximum Gasteiger partial charge on any atom is 0.267 e. The lowest BCUT2D eigenvalue weighted by molar-refractivity contribution is -0.128. The van der Waals surface area contributed by atoms with Crippen LogP contribution in [-0.4, -0.2) is 17.4 Å². The lowest BCUT2D eigenvalue weighted by Crippen LogP contribution is -2.42. The molecule has 0 radical (unpaired) electrons. The molecule has 5 nitrogen and oxygen atoms in total. The largest absolute Gasteiger partial charge is 0.478 e. The van der Waals surface area contributed by atoms with E-state index in [1.54, 1.807) is 57.2 Å². The van der Waals surface area contributed by atoms with Crippen LogP contribution < -0.4 is 15.4 Å². The van der Waals surface area contributed by atoms with Gasteiger partial charge in [-0.25, -0.2) is 0 Å². The van der Waals surface area contributed by atoms with Crippen LogP contribution in [0.2, 0.25) is 0 Å². The molecule has 0 spiro atoms. The van der Waals surface area contributed by atoms with Crippen LogP contribution in [0.3, 0.4) is 0 Å². The molecule has 25 heavy (non-hydrogen) atoms. The zero-order valence-electron chi connectivity index (χ0n) is 14.4. The smallest absolute Gasteiger partial charge is 0.267 e. The Morgan fingerprint density at radius 2 is 1.48 bits per heavy atom. The normalized spacial score (nSPS) is 10.9. The molecule has 2 amide bonds. The number of carbonyl (C=O) groups is 2. The van der Waals surface area contributed by atoms with E-state index in [1.807, 2.05) is 12.1 Å². The molecule has 0 saturated carbocycles. The van der Waals surface area contributed by atoms with Crippen molar-refractivity contribution in [1.82, 2.24) is 0 Å². The van der Waals surface area contributed by atoms with Crippen LogP contribution in [0.4, 0.5) is 11.4 Å². The summed E-state index contributed by atoms with van der Waals surface area (Å²) >= 11 is 3.36. The summed E-state index contributed by atoms with van der Waals surface area (Å²) in [5.41, 5.74) is 0.283. The maximum absolute atomic E-state index is 12.5. The van der Waals surface area contributed by atoms with E-state index in [-0.39, 0.29) is 11.8 Å². The van der Waals surface area contributed by atoms with Crippen molar-refractivity contribution in [2.24, 2.45) is 0 Å². The van der Waals surface area contributed by atoms with E-state index in [9.17, 15) is 9.59 Å². The first-order valence-corrected chi connectivity index (χ1v) is 8.75.